The molecule has 1 aromatic rings. The summed E-state index contributed by atoms with van der Waals surface area (Å²) in [6.45, 7) is 3.92. The molecule has 0 aliphatic heterocycles. The Labute approximate surface area is 106 Å². The Kier molecular flexibility index (Phi) is 4.71. The van der Waals surface area contributed by atoms with Crippen molar-refractivity contribution in [2.45, 2.75) is 19.9 Å². The minimum Gasteiger partial charge on any atom is -0.465 e. The number of ether oxygens (including phenoxy) is 2. The SMILES string of the molecule is COC(=O)c1cc(NC(C)C)cc(C(=O)OC)c1. The fourth-order valence-corrected chi connectivity index (χ4v) is 1.52. The molecule has 0 saturated heterocycles. The third kappa shape index (κ3) is 3.48. The number of methoxy groups -OCH3 is 2. The monoisotopic (exact) mass is 251 g/mol. The van der Waals surface area contributed by atoms with Crippen molar-refractivity contribution in [1.82, 2.24) is 0 Å². The number of esters is 2. The Morgan fingerprint density at radius 1 is 1.00 bits per heavy atom. The van der Waals surface area contributed by atoms with Crippen LogP contribution in [0.4, 0.5) is 5.69 Å². The van der Waals surface area contributed by atoms with Gasteiger partial charge in [0.1, 0.15) is 0 Å². The first-order valence-corrected chi connectivity index (χ1v) is 5.56. The summed E-state index contributed by atoms with van der Waals surface area (Å²) in [5.74, 6) is -0.986. The smallest absolute Gasteiger partial charge is 0.337 e. The van der Waals surface area contributed by atoms with Crippen LogP contribution in [0.15, 0.2) is 18.2 Å². The fraction of sp³-hybridized carbons (Fsp3) is 0.385. The molecule has 0 heterocycles. The first-order chi connectivity index (χ1) is 8.47. The lowest BCUT2D eigenvalue weighted by molar-refractivity contribution is 0.0599. The molecule has 1 rings (SSSR count). The lowest BCUT2D eigenvalue weighted by Gasteiger charge is -2.12. The molecule has 18 heavy (non-hydrogen) atoms. The van der Waals surface area contributed by atoms with Gasteiger partial charge in [-0.1, -0.05) is 0 Å². The molecular formula is C13H17NO4. The number of carbonyl (C=O) groups excluding carboxylic acids is 2. The Hall–Kier alpha value is -2.04. The first kappa shape index (κ1) is 14.0. The van der Waals surface area contributed by atoms with E-state index in [1.807, 2.05) is 13.8 Å². The van der Waals surface area contributed by atoms with Gasteiger partial charge in [0.2, 0.25) is 0 Å². The van der Waals surface area contributed by atoms with Gasteiger partial charge < -0.3 is 14.8 Å². The quantitative estimate of drug-likeness (QED) is 0.830. The molecule has 0 saturated carbocycles. The summed E-state index contributed by atoms with van der Waals surface area (Å²) >= 11 is 0. The van der Waals surface area contributed by atoms with E-state index in [1.165, 1.54) is 20.3 Å². The minimum atomic E-state index is -0.493. The summed E-state index contributed by atoms with van der Waals surface area (Å²) in [5, 5.41) is 3.13. The highest BCUT2D eigenvalue weighted by Gasteiger charge is 2.13. The molecule has 0 amide bonds. The molecule has 0 spiro atoms. The zero-order chi connectivity index (χ0) is 13.7. The Morgan fingerprint density at radius 3 is 1.78 bits per heavy atom. The molecule has 5 heteroatoms. The maximum atomic E-state index is 11.5. The molecule has 98 valence electrons. The van der Waals surface area contributed by atoms with Crippen LogP contribution in [0.2, 0.25) is 0 Å². The van der Waals surface area contributed by atoms with Crippen molar-refractivity contribution < 1.29 is 19.1 Å². The van der Waals surface area contributed by atoms with E-state index in [-0.39, 0.29) is 6.04 Å². The van der Waals surface area contributed by atoms with Crippen molar-refractivity contribution in [3.05, 3.63) is 29.3 Å². The zero-order valence-corrected chi connectivity index (χ0v) is 10.9. The van der Waals surface area contributed by atoms with Crippen LogP contribution in [0, 0.1) is 0 Å². The normalized spacial score (nSPS) is 10.1. The van der Waals surface area contributed by atoms with Crippen LogP contribution in [-0.2, 0) is 9.47 Å². The Morgan fingerprint density at radius 2 is 1.44 bits per heavy atom. The van der Waals surface area contributed by atoms with Crippen LogP contribution in [0.5, 0.6) is 0 Å². The number of anilines is 1. The van der Waals surface area contributed by atoms with E-state index >= 15 is 0 Å². The molecule has 1 aromatic carbocycles. The Balaban J connectivity index is 3.19. The molecule has 0 bridgehead atoms. The van der Waals surface area contributed by atoms with Crippen LogP contribution in [0.3, 0.4) is 0 Å². The summed E-state index contributed by atoms with van der Waals surface area (Å²) < 4.78 is 9.29. The van der Waals surface area contributed by atoms with E-state index in [0.29, 0.717) is 16.8 Å². The fourth-order valence-electron chi connectivity index (χ4n) is 1.52. The van der Waals surface area contributed by atoms with Gasteiger partial charge in [-0.25, -0.2) is 9.59 Å². The van der Waals surface area contributed by atoms with E-state index in [4.69, 9.17) is 0 Å². The van der Waals surface area contributed by atoms with Gasteiger partial charge in [-0.3, -0.25) is 0 Å². The molecule has 1 N–H and O–H groups in total. The van der Waals surface area contributed by atoms with E-state index in [1.54, 1.807) is 12.1 Å². The second kappa shape index (κ2) is 6.05. The summed E-state index contributed by atoms with van der Waals surface area (Å²) in [6.07, 6.45) is 0. The van der Waals surface area contributed by atoms with Crippen molar-refractivity contribution in [3.8, 4) is 0 Å². The number of nitrogens with one attached hydrogen (secondary N) is 1. The topological polar surface area (TPSA) is 64.6 Å². The minimum absolute atomic E-state index is 0.184. The maximum Gasteiger partial charge on any atom is 0.337 e. The van der Waals surface area contributed by atoms with E-state index in [2.05, 4.69) is 14.8 Å². The third-order valence-corrected chi connectivity index (χ3v) is 2.23. The molecule has 0 aliphatic rings. The van der Waals surface area contributed by atoms with E-state index in [0.717, 1.165) is 0 Å². The maximum absolute atomic E-state index is 11.5. The molecule has 0 aromatic heterocycles. The highest BCUT2D eigenvalue weighted by Crippen LogP contribution is 2.17. The molecule has 0 radical (unpaired) electrons. The lowest BCUT2D eigenvalue weighted by Crippen LogP contribution is -2.13. The average Bonchev–Trinajstić information content (AvgIpc) is 2.35. The first-order valence-electron chi connectivity index (χ1n) is 5.56. The number of benzene rings is 1. The summed E-state index contributed by atoms with van der Waals surface area (Å²) in [7, 11) is 2.59. The van der Waals surface area contributed by atoms with Gasteiger partial charge in [0.25, 0.3) is 0 Å². The van der Waals surface area contributed by atoms with Crippen LogP contribution in [0.25, 0.3) is 0 Å². The van der Waals surface area contributed by atoms with Crippen molar-refractivity contribution in [2.75, 3.05) is 19.5 Å². The van der Waals surface area contributed by atoms with E-state index < -0.39 is 11.9 Å². The molecule has 0 atom stereocenters. The Bertz CT molecular complexity index is 420. The number of carbonyl (C=O) groups is 2. The van der Waals surface area contributed by atoms with Crippen molar-refractivity contribution >= 4 is 17.6 Å². The predicted octanol–water partition coefficient (Wildman–Crippen LogP) is 2.08. The van der Waals surface area contributed by atoms with Crippen LogP contribution >= 0.6 is 0 Å². The van der Waals surface area contributed by atoms with Gasteiger partial charge >= 0.3 is 11.9 Å². The van der Waals surface area contributed by atoms with E-state index in [9.17, 15) is 9.59 Å². The number of hydrogen-bond acceptors (Lipinski definition) is 5. The third-order valence-electron chi connectivity index (χ3n) is 2.23. The second-order valence-corrected chi connectivity index (χ2v) is 4.08. The van der Waals surface area contributed by atoms with Gasteiger partial charge in [0.15, 0.2) is 0 Å². The van der Waals surface area contributed by atoms with Crippen LogP contribution in [0.1, 0.15) is 34.6 Å². The largest absolute Gasteiger partial charge is 0.465 e. The van der Waals surface area contributed by atoms with Crippen molar-refractivity contribution in [3.63, 3.8) is 0 Å². The lowest BCUT2D eigenvalue weighted by atomic mass is 10.1. The van der Waals surface area contributed by atoms with Crippen molar-refractivity contribution in [2.24, 2.45) is 0 Å². The standard InChI is InChI=1S/C13H17NO4/c1-8(2)14-11-6-9(12(15)17-3)5-10(7-11)13(16)18-4/h5-8,14H,1-4H3. The molecule has 0 unspecified atom stereocenters. The van der Waals surface area contributed by atoms with Gasteiger partial charge in [-0.15, -0.1) is 0 Å². The highest BCUT2D eigenvalue weighted by molar-refractivity contribution is 5.96. The predicted molar refractivity (Wildman–Crippen MR) is 67.9 cm³/mol. The molecule has 5 nitrogen and oxygen atoms in total. The number of hydrogen-bond donors (Lipinski definition) is 1. The molecular weight excluding hydrogens is 234 g/mol. The average molecular weight is 251 g/mol. The van der Waals surface area contributed by atoms with Gasteiger partial charge in [0, 0.05) is 11.7 Å². The van der Waals surface area contributed by atoms with Gasteiger partial charge in [0.05, 0.1) is 25.3 Å². The highest BCUT2D eigenvalue weighted by atomic mass is 16.5. The van der Waals surface area contributed by atoms with Crippen LogP contribution < -0.4 is 5.32 Å². The molecule has 0 aliphatic carbocycles. The summed E-state index contributed by atoms with van der Waals surface area (Å²) in [5.41, 5.74) is 1.29. The van der Waals surface area contributed by atoms with Gasteiger partial charge in [-0.2, -0.15) is 0 Å². The van der Waals surface area contributed by atoms with Gasteiger partial charge in [-0.05, 0) is 32.0 Å². The van der Waals surface area contributed by atoms with Crippen molar-refractivity contribution in [1.29, 1.82) is 0 Å². The summed E-state index contributed by atoms with van der Waals surface area (Å²) in [6, 6.07) is 4.91. The second-order valence-electron chi connectivity index (χ2n) is 4.08. The number of rotatable bonds is 4. The molecule has 0 fully saturated rings. The van der Waals surface area contributed by atoms with Crippen LogP contribution in [-0.4, -0.2) is 32.2 Å². The zero-order valence-electron chi connectivity index (χ0n) is 10.9. The summed E-state index contributed by atoms with van der Waals surface area (Å²) in [4.78, 5) is 23.0.